The Hall–Kier alpha value is -1.06. The molecule has 84 valence electrons. The van der Waals surface area contributed by atoms with Crippen LogP contribution in [0.25, 0.3) is 10.8 Å². The summed E-state index contributed by atoms with van der Waals surface area (Å²) in [4.78, 5) is 0. The first-order chi connectivity index (χ1) is 7.68. The third kappa shape index (κ3) is 2.36. The van der Waals surface area contributed by atoms with Gasteiger partial charge in [0.05, 0.1) is 6.10 Å². The zero-order chi connectivity index (χ0) is 11.5. The molecular formula is C13H14BrNO. The van der Waals surface area contributed by atoms with Gasteiger partial charge in [-0.05, 0) is 24.4 Å². The van der Waals surface area contributed by atoms with Crippen LogP contribution in [0.3, 0.4) is 0 Å². The fourth-order valence-electron chi connectivity index (χ4n) is 1.67. The van der Waals surface area contributed by atoms with Crippen LogP contribution in [0.15, 0.2) is 40.9 Å². The van der Waals surface area contributed by atoms with E-state index in [1.165, 1.54) is 5.39 Å². The van der Waals surface area contributed by atoms with Gasteiger partial charge in [-0.1, -0.05) is 40.2 Å². The second kappa shape index (κ2) is 4.85. The van der Waals surface area contributed by atoms with Crippen LogP contribution in [0.5, 0.6) is 0 Å². The molecule has 0 radical (unpaired) electrons. The highest BCUT2D eigenvalue weighted by Crippen LogP contribution is 2.29. The maximum atomic E-state index is 9.27. The lowest BCUT2D eigenvalue weighted by Gasteiger charge is -2.12. The van der Waals surface area contributed by atoms with Crippen molar-refractivity contribution in [2.45, 2.75) is 13.0 Å². The minimum Gasteiger partial charge on any atom is -0.392 e. The number of aliphatic hydroxyl groups excluding tert-OH is 1. The van der Waals surface area contributed by atoms with E-state index in [0.717, 1.165) is 15.5 Å². The van der Waals surface area contributed by atoms with Gasteiger partial charge in [-0.15, -0.1) is 0 Å². The van der Waals surface area contributed by atoms with E-state index in [2.05, 4.69) is 33.4 Å². The van der Waals surface area contributed by atoms with Crippen molar-refractivity contribution in [1.29, 1.82) is 0 Å². The molecule has 2 rings (SSSR count). The van der Waals surface area contributed by atoms with Crippen molar-refractivity contribution in [3.8, 4) is 0 Å². The Labute approximate surface area is 103 Å². The second-order valence-electron chi connectivity index (χ2n) is 3.87. The molecule has 1 atom stereocenters. The van der Waals surface area contributed by atoms with Gasteiger partial charge in [0.25, 0.3) is 0 Å². The summed E-state index contributed by atoms with van der Waals surface area (Å²) >= 11 is 3.53. The largest absolute Gasteiger partial charge is 0.392 e. The first kappa shape index (κ1) is 11.4. The summed E-state index contributed by atoms with van der Waals surface area (Å²) in [6, 6.07) is 12.2. The van der Waals surface area contributed by atoms with Gasteiger partial charge in [0, 0.05) is 22.1 Å². The van der Waals surface area contributed by atoms with Crippen LogP contribution >= 0.6 is 15.9 Å². The Bertz CT molecular complexity index is 496. The van der Waals surface area contributed by atoms with Crippen molar-refractivity contribution in [3.63, 3.8) is 0 Å². The molecule has 2 N–H and O–H groups in total. The molecular weight excluding hydrogens is 266 g/mol. The van der Waals surface area contributed by atoms with Gasteiger partial charge in [0.1, 0.15) is 0 Å². The van der Waals surface area contributed by atoms with E-state index in [0.29, 0.717) is 6.54 Å². The number of benzene rings is 2. The molecule has 0 fully saturated rings. The van der Waals surface area contributed by atoms with E-state index in [1.807, 2.05) is 24.3 Å². The van der Waals surface area contributed by atoms with E-state index >= 15 is 0 Å². The fraction of sp³-hybridized carbons (Fsp3) is 0.231. The predicted molar refractivity (Wildman–Crippen MR) is 71.8 cm³/mol. The molecule has 0 amide bonds. The summed E-state index contributed by atoms with van der Waals surface area (Å²) < 4.78 is 1.09. The van der Waals surface area contributed by atoms with Crippen molar-refractivity contribution in [2.24, 2.45) is 0 Å². The van der Waals surface area contributed by atoms with Crippen molar-refractivity contribution in [1.82, 2.24) is 0 Å². The Morgan fingerprint density at radius 1 is 1.19 bits per heavy atom. The molecule has 0 aliphatic rings. The molecule has 0 saturated heterocycles. The topological polar surface area (TPSA) is 32.3 Å². The lowest BCUT2D eigenvalue weighted by atomic mass is 10.1. The van der Waals surface area contributed by atoms with E-state index in [1.54, 1.807) is 6.92 Å². The third-order valence-corrected chi connectivity index (χ3v) is 3.15. The maximum absolute atomic E-state index is 9.27. The van der Waals surface area contributed by atoms with E-state index in [4.69, 9.17) is 0 Å². The molecule has 0 unspecified atom stereocenters. The van der Waals surface area contributed by atoms with Crippen LogP contribution in [0.1, 0.15) is 6.92 Å². The molecule has 16 heavy (non-hydrogen) atoms. The summed E-state index contributed by atoms with van der Waals surface area (Å²) in [5.74, 6) is 0. The summed E-state index contributed by atoms with van der Waals surface area (Å²) in [5.41, 5.74) is 1.06. The number of aliphatic hydroxyl groups is 1. The number of fused-ring (bicyclic) bond motifs is 1. The smallest absolute Gasteiger partial charge is 0.0684 e. The van der Waals surface area contributed by atoms with Crippen LogP contribution < -0.4 is 5.32 Å². The van der Waals surface area contributed by atoms with Crippen molar-refractivity contribution < 1.29 is 5.11 Å². The fourth-order valence-corrected chi connectivity index (χ4v) is 2.15. The van der Waals surface area contributed by atoms with E-state index < -0.39 is 0 Å². The summed E-state index contributed by atoms with van der Waals surface area (Å²) in [6.07, 6.45) is -0.345. The Morgan fingerprint density at radius 2 is 1.88 bits per heavy atom. The molecule has 0 aliphatic heterocycles. The average Bonchev–Trinajstić information content (AvgIpc) is 2.28. The highest BCUT2D eigenvalue weighted by molar-refractivity contribution is 9.10. The molecule has 3 heteroatoms. The Kier molecular flexibility index (Phi) is 3.46. The van der Waals surface area contributed by atoms with E-state index in [-0.39, 0.29) is 6.10 Å². The molecule has 2 nitrogen and oxygen atoms in total. The number of anilines is 1. The summed E-state index contributed by atoms with van der Waals surface area (Å²) in [6.45, 7) is 2.33. The Balaban J connectivity index is 2.42. The number of hydrogen-bond acceptors (Lipinski definition) is 2. The molecule has 2 aromatic carbocycles. The number of halogens is 1. The van der Waals surface area contributed by atoms with Crippen LogP contribution in [-0.2, 0) is 0 Å². The average molecular weight is 280 g/mol. The van der Waals surface area contributed by atoms with Crippen LogP contribution in [0.2, 0.25) is 0 Å². The lowest BCUT2D eigenvalue weighted by molar-refractivity contribution is 0.208. The zero-order valence-electron chi connectivity index (χ0n) is 9.07. The van der Waals surface area contributed by atoms with Gasteiger partial charge in [-0.3, -0.25) is 0 Å². The van der Waals surface area contributed by atoms with Crippen molar-refractivity contribution >= 4 is 32.4 Å². The molecule has 0 spiro atoms. The van der Waals surface area contributed by atoms with Crippen LogP contribution in [0.4, 0.5) is 5.69 Å². The second-order valence-corrected chi connectivity index (χ2v) is 4.72. The van der Waals surface area contributed by atoms with Crippen molar-refractivity contribution in [2.75, 3.05) is 11.9 Å². The molecule has 0 saturated carbocycles. The quantitative estimate of drug-likeness (QED) is 0.903. The van der Waals surface area contributed by atoms with Gasteiger partial charge >= 0.3 is 0 Å². The minimum atomic E-state index is -0.345. The summed E-state index contributed by atoms with van der Waals surface area (Å²) in [7, 11) is 0. The SMILES string of the molecule is C[C@@H](O)CNc1ccc(Br)c2ccccc12. The van der Waals surface area contributed by atoms with Gasteiger partial charge in [-0.25, -0.2) is 0 Å². The zero-order valence-corrected chi connectivity index (χ0v) is 10.7. The predicted octanol–water partition coefficient (Wildman–Crippen LogP) is 3.40. The number of hydrogen-bond donors (Lipinski definition) is 2. The van der Waals surface area contributed by atoms with Gasteiger partial charge in [-0.2, -0.15) is 0 Å². The standard InChI is InChI=1S/C13H14BrNO/c1-9(16)8-15-13-7-6-12(14)10-4-2-3-5-11(10)13/h2-7,9,15-16H,8H2,1H3/t9-/m1/s1. The third-order valence-electron chi connectivity index (χ3n) is 2.46. The van der Waals surface area contributed by atoms with Crippen LogP contribution in [-0.4, -0.2) is 17.8 Å². The molecule has 0 bridgehead atoms. The first-order valence-electron chi connectivity index (χ1n) is 5.27. The molecule has 0 aliphatic carbocycles. The van der Waals surface area contributed by atoms with E-state index in [9.17, 15) is 5.11 Å². The highest BCUT2D eigenvalue weighted by atomic mass is 79.9. The minimum absolute atomic E-state index is 0.345. The highest BCUT2D eigenvalue weighted by Gasteiger charge is 2.04. The van der Waals surface area contributed by atoms with Gasteiger partial charge < -0.3 is 10.4 Å². The molecule has 2 aromatic rings. The normalized spacial score (nSPS) is 12.7. The van der Waals surface area contributed by atoms with Crippen LogP contribution in [0, 0.1) is 0 Å². The monoisotopic (exact) mass is 279 g/mol. The van der Waals surface area contributed by atoms with Gasteiger partial charge in [0.15, 0.2) is 0 Å². The number of nitrogens with one attached hydrogen (secondary N) is 1. The summed E-state index contributed by atoms with van der Waals surface area (Å²) in [5, 5.41) is 14.9. The lowest BCUT2D eigenvalue weighted by Crippen LogP contribution is -2.15. The van der Waals surface area contributed by atoms with Gasteiger partial charge in [0.2, 0.25) is 0 Å². The number of rotatable bonds is 3. The Morgan fingerprint density at radius 3 is 2.56 bits per heavy atom. The maximum Gasteiger partial charge on any atom is 0.0684 e. The molecule has 0 heterocycles. The molecule has 0 aromatic heterocycles. The first-order valence-corrected chi connectivity index (χ1v) is 6.07. The van der Waals surface area contributed by atoms with Crippen molar-refractivity contribution in [3.05, 3.63) is 40.9 Å².